The van der Waals surface area contributed by atoms with E-state index in [2.05, 4.69) is 47.8 Å². The summed E-state index contributed by atoms with van der Waals surface area (Å²) in [6, 6.07) is 20.2. The molecule has 0 spiro atoms. The molecule has 0 bridgehead atoms. The number of thioether (sulfide) groups is 1. The fourth-order valence-electron chi connectivity index (χ4n) is 2.86. The zero-order valence-corrected chi connectivity index (χ0v) is 18.2. The van der Waals surface area contributed by atoms with Gasteiger partial charge in [0.25, 0.3) is 0 Å². The standard InChI is InChI=1S/C22H19BrN4OS/c1-2-28-20-11-9-19(10-12-20)27-21(17-4-3-13-24-14-17)25-26-22(27)29-15-16-5-7-18(23)8-6-16/h3-14H,2,15H2,1H3. The fraction of sp³-hybridized carbons (Fsp3) is 0.136. The van der Waals surface area contributed by atoms with Gasteiger partial charge in [0.05, 0.1) is 6.61 Å². The first-order chi connectivity index (χ1) is 14.2. The molecule has 0 aliphatic rings. The minimum absolute atomic E-state index is 0.640. The van der Waals surface area contributed by atoms with Crippen LogP contribution in [0.25, 0.3) is 17.1 Å². The number of nitrogens with zero attached hydrogens (tertiary/aromatic N) is 4. The second-order valence-corrected chi connectivity index (χ2v) is 8.08. The smallest absolute Gasteiger partial charge is 0.196 e. The third-order valence-electron chi connectivity index (χ3n) is 4.24. The number of aromatic nitrogens is 4. The van der Waals surface area contributed by atoms with Gasteiger partial charge in [-0.1, -0.05) is 39.8 Å². The summed E-state index contributed by atoms with van der Waals surface area (Å²) in [5.41, 5.74) is 3.13. The molecule has 0 fully saturated rings. The predicted molar refractivity (Wildman–Crippen MR) is 119 cm³/mol. The Bertz CT molecular complexity index is 1070. The van der Waals surface area contributed by atoms with Crippen molar-refractivity contribution in [3.05, 3.63) is 83.1 Å². The highest BCUT2D eigenvalue weighted by atomic mass is 79.9. The first kappa shape index (κ1) is 19.7. The van der Waals surface area contributed by atoms with Crippen LogP contribution in [0.5, 0.6) is 5.75 Å². The van der Waals surface area contributed by atoms with Crippen molar-refractivity contribution in [2.75, 3.05) is 6.61 Å². The van der Waals surface area contributed by atoms with E-state index in [-0.39, 0.29) is 0 Å². The Morgan fingerprint density at radius 1 is 1.00 bits per heavy atom. The normalized spacial score (nSPS) is 10.8. The van der Waals surface area contributed by atoms with Gasteiger partial charge < -0.3 is 4.74 Å². The Morgan fingerprint density at radius 2 is 1.79 bits per heavy atom. The topological polar surface area (TPSA) is 52.8 Å². The van der Waals surface area contributed by atoms with Gasteiger partial charge in [-0.15, -0.1) is 10.2 Å². The second-order valence-electron chi connectivity index (χ2n) is 6.23. The second kappa shape index (κ2) is 9.24. The maximum atomic E-state index is 5.58. The Kier molecular flexibility index (Phi) is 6.27. The van der Waals surface area contributed by atoms with Crippen LogP contribution in [0, 0.1) is 0 Å². The molecule has 146 valence electrons. The molecule has 0 saturated heterocycles. The van der Waals surface area contributed by atoms with E-state index in [4.69, 9.17) is 4.74 Å². The zero-order valence-electron chi connectivity index (χ0n) is 15.8. The lowest BCUT2D eigenvalue weighted by Crippen LogP contribution is -2.00. The van der Waals surface area contributed by atoms with Crippen LogP contribution in [-0.2, 0) is 5.75 Å². The van der Waals surface area contributed by atoms with Crippen LogP contribution in [-0.4, -0.2) is 26.4 Å². The van der Waals surface area contributed by atoms with E-state index in [0.717, 1.165) is 38.2 Å². The number of halogens is 1. The zero-order chi connectivity index (χ0) is 20.1. The monoisotopic (exact) mass is 466 g/mol. The van der Waals surface area contributed by atoms with Crippen molar-refractivity contribution in [2.24, 2.45) is 0 Å². The van der Waals surface area contributed by atoms with Crippen molar-refractivity contribution in [1.29, 1.82) is 0 Å². The molecule has 0 saturated carbocycles. The Labute approximate surface area is 182 Å². The van der Waals surface area contributed by atoms with Gasteiger partial charge in [0.2, 0.25) is 0 Å². The highest BCUT2D eigenvalue weighted by Gasteiger charge is 2.16. The first-order valence-electron chi connectivity index (χ1n) is 9.21. The highest BCUT2D eigenvalue weighted by Crippen LogP contribution is 2.30. The number of pyridine rings is 1. The lowest BCUT2D eigenvalue weighted by atomic mass is 10.2. The number of rotatable bonds is 7. The molecule has 4 rings (SSSR count). The molecule has 0 atom stereocenters. The molecule has 29 heavy (non-hydrogen) atoms. The molecule has 2 heterocycles. The SMILES string of the molecule is CCOc1ccc(-n2c(SCc3ccc(Br)cc3)nnc2-c2cccnc2)cc1. The van der Waals surface area contributed by atoms with Crippen LogP contribution in [0.15, 0.2) is 82.7 Å². The third-order valence-corrected chi connectivity index (χ3v) is 5.77. The average Bonchev–Trinajstić information content (AvgIpc) is 3.19. The van der Waals surface area contributed by atoms with E-state index in [9.17, 15) is 0 Å². The fourth-order valence-corrected chi connectivity index (χ4v) is 4.04. The van der Waals surface area contributed by atoms with Gasteiger partial charge >= 0.3 is 0 Å². The molecule has 0 unspecified atom stereocenters. The Balaban J connectivity index is 1.69. The van der Waals surface area contributed by atoms with E-state index in [0.29, 0.717) is 6.61 Å². The summed E-state index contributed by atoms with van der Waals surface area (Å²) in [6.07, 6.45) is 3.56. The molecule has 2 aromatic carbocycles. The lowest BCUT2D eigenvalue weighted by molar-refractivity contribution is 0.340. The lowest BCUT2D eigenvalue weighted by Gasteiger charge is -2.11. The van der Waals surface area contributed by atoms with Crippen molar-refractivity contribution < 1.29 is 4.74 Å². The molecule has 5 nitrogen and oxygen atoms in total. The van der Waals surface area contributed by atoms with Gasteiger partial charge in [-0.3, -0.25) is 9.55 Å². The summed E-state index contributed by atoms with van der Waals surface area (Å²) in [5, 5.41) is 9.76. The summed E-state index contributed by atoms with van der Waals surface area (Å²) in [7, 11) is 0. The quantitative estimate of drug-likeness (QED) is 0.323. The van der Waals surface area contributed by atoms with Gasteiger partial charge in [0.1, 0.15) is 5.75 Å². The summed E-state index contributed by atoms with van der Waals surface area (Å²) in [5.74, 6) is 2.41. The summed E-state index contributed by atoms with van der Waals surface area (Å²) in [4.78, 5) is 4.23. The van der Waals surface area contributed by atoms with Gasteiger partial charge in [-0.05, 0) is 61.0 Å². The number of ether oxygens (including phenoxy) is 1. The molecular formula is C22H19BrN4OS. The van der Waals surface area contributed by atoms with Crippen molar-refractivity contribution in [1.82, 2.24) is 19.7 Å². The molecule has 0 aliphatic heterocycles. The number of benzene rings is 2. The van der Waals surface area contributed by atoms with Crippen LogP contribution in [0.2, 0.25) is 0 Å². The van der Waals surface area contributed by atoms with Gasteiger partial charge in [-0.25, -0.2) is 0 Å². The minimum atomic E-state index is 0.640. The van der Waals surface area contributed by atoms with Crippen molar-refractivity contribution in [3.8, 4) is 22.8 Å². The molecule has 0 amide bonds. The van der Waals surface area contributed by atoms with E-state index in [1.54, 1.807) is 24.2 Å². The summed E-state index contributed by atoms with van der Waals surface area (Å²) < 4.78 is 8.72. The average molecular weight is 467 g/mol. The molecule has 7 heteroatoms. The molecular weight excluding hydrogens is 448 g/mol. The van der Waals surface area contributed by atoms with Crippen molar-refractivity contribution in [3.63, 3.8) is 0 Å². The highest BCUT2D eigenvalue weighted by molar-refractivity contribution is 9.10. The predicted octanol–water partition coefficient (Wildman–Crippen LogP) is 5.78. The van der Waals surface area contributed by atoms with Gasteiger partial charge in [0.15, 0.2) is 11.0 Å². The summed E-state index contributed by atoms with van der Waals surface area (Å²) >= 11 is 5.13. The van der Waals surface area contributed by atoms with Crippen LogP contribution in [0.3, 0.4) is 0 Å². The van der Waals surface area contributed by atoms with Crippen LogP contribution >= 0.6 is 27.7 Å². The van der Waals surface area contributed by atoms with Crippen molar-refractivity contribution in [2.45, 2.75) is 17.8 Å². The van der Waals surface area contributed by atoms with Crippen molar-refractivity contribution >= 4 is 27.7 Å². The maximum Gasteiger partial charge on any atom is 0.196 e. The molecule has 0 radical (unpaired) electrons. The van der Waals surface area contributed by atoms with E-state index in [1.807, 2.05) is 55.5 Å². The molecule has 2 aromatic heterocycles. The van der Waals surface area contributed by atoms with Gasteiger partial charge in [-0.2, -0.15) is 0 Å². The maximum absolute atomic E-state index is 5.58. The molecule has 4 aromatic rings. The Hall–Kier alpha value is -2.64. The van der Waals surface area contributed by atoms with E-state index >= 15 is 0 Å². The van der Waals surface area contributed by atoms with E-state index < -0.39 is 0 Å². The minimum Gasteiger partial charge on any atom is -0.494 e. The number of hydrogen-bond acceptors (Lipinski definition) is 5. The third kappa shape index (κ3) is 4.68. The van der Waals surface area contributed by atoms with Crippen LogP contribution < -0.4 is 4.74 Å². The van der Waals surface area contributed by atoms with Crippen LogP contribution in [0.1, 0.15) is 12.5 Å². The van der Waals surface area contributed by atoms with Gasteiger partial charge in [0, 0.05) is 33.9 Å². The largest absolute Gasteiger partial charge is 0.494 e. The van der Waals surface area contributed by atoms with E-state index in [1.165, 1.54) is 5.56 Å². The first-order valence-corrected chi connectivity index (χ1v) is 11.0. The molecule has 0 aliphatic carbocycles. The van der Waals surface area contributed by atoms with Crippen LogP contribution in [0.4, 0.5) is 0 Å². The molecule has 0 N–H and O–H groups in total. The summed E-state index contributed by atoms with van der Waals surface area (Å²) in [6.45, 7) is 2.62. The Morgan fingerprint density at radius 3 is 2.48 bits per heavy atom. The number of hydrogen-bond donors (Lipinski definition) is 0.